The number of carbonyl (C=O) groups excluding carboxylic acids is 4. The van der Waals surface area contributed by atoms with Crippen molar-refractivity contribution < 1.29 is 47.6 Å². The summed E-state index contributed by atoms with van der Waals surface area (Å²) in [5, 5.41) is 12.1. The van der Waals surface area contributed by atoms with E-state index in [2.05, 4.69) is 46.9 Å². The molecule has 2 rings (SSSR count). The van der Waals surface area contributed by atoms with Crippen LogP contribution < -0.4 is 32.7 Å². The minimum absolute atomic E-state index is 0.160. The molecule has 1 heterocycles. The first-order chi connectivity index (χ1) is 27.3. The van der Waals surface area contributed by atoms with Gasteiger partial charge in [-0.1, -0.05) is 20.3 Å². The van der Waals surface area contributed by atoms with Gasteiger partial charge in [-0.2, -0.15) is 11.8 Å². The van der Waals surface area contributed by atoms with Crippen LogP contribution in [-0.2, 0) is 33.2 Å². The highest BCUT2D eigenvalue weighted by Crippen LogP contribution is 2.39. The number of aldehydes is 1. The van der Waals surface area contributed by atoms with Crippen LogP contribution in [0.3, 0.4) is 0 Å². The molecule has 0 spiro atoms. The number of carbonyl (C=O) groups is 4. The van der Waals surface area contributed by atoms with Crippen LogP contribution in [0.1, 0.15) is 70.6 Å². The van der Waals surface area contributed by atoms with E-state index in [4.69, 9.17) is 39.9 Å². The second kappa shape index (κ2) is 35.5. The Hall–Kier alpha value is -2.71. The summed E-state index contributed by atoms with van der Waals surface area (Å²) in [5.41, 5.74) is 11.2. The number of thioether (sulfide) groups is 1. The lowest BCUT2D eigenvalue weighted by Gasteiger charge is -2.16. The summed E-state index contributed by atoms with van der Waals surface area (Å²) in [4.78, 5) is 48.7. The maximum absolute atomic E-state index is 12.9. The standard InChI is InChI=1S/C28H50N6O9.C11H20OS/c1-31-4-10-40-18-19-43-13-7-34-28(37)25-21-23(26(35)32-5-11-41-16-14-38-8-2-29)20-24(22-25)27(36)33-6-12-42-17-15-39-9-3-30;1-9-8-13-11(10(9)2)6-4-3-5-7-12/h20-22,31H,2-19,29-30H2,1H3,(H,32,35)(H,33,36)(H,34,37);7,9-11H,3-6,8H2,1-2H3. The Morgan fingerprint density at radius 3 is 1.38 bits per heavy atom. The predicted molar refractivity (Wildman–Crippen MR) is 219 cm³/mol. The number of benzene rings is 1. The molecule has 3 unspecified atom stereocenters. The monoisotopic (exact) mass is 814 g/mol. The molecule has 56 heavy (non-hydrogen) atoms. The molecule has 1 aliphatic rings. The fourth-order valence-electron chi connectivity index (χ4n) is 5.21. The molecule has 16 nitrogen and oxygen atoms in total. The average molecular weight is 815 g/mol. The lowest BCUT2D eigenvalue weighted by atomic mass is 9.92. The van der Waals surface area contributed by atoms with E-state index in [9.17, 15) is 19.2 Å². The van der Waals surface area contributed by atoms with Crippen molar-refractivity contribution in [3.05, 3.63) is 34.9 Å². The first-order valence-corrected chi connectivity index (χ1v) is 20.9. The van der Waals surface area contributed by atoms with Crippen LogP contribution in [0.15, 0.2) is 18.2 Å². The van der Waals surface area contributed by atoms with Crippen molar-refractivity contribution >= 4 is 35.8 Å². The Morgan fingerprint density at radius 1 is 0.643 bits per heavy atom. The number of likely N-dealkylation sites (N-methyl/N-ethyl adjacent to an activating group) is 1. The molecule has 0 saturated carbocycles. The molecule has 1 aromatic rings. The number of ether oxygens (including phenoxy) is 6. The largest absolute Gasteiger partial charge is 0.378 e. The highest BCUT2D eigenvalue weighted by Gasteiger charge is 2.29. The van der Waals surface area contributed by atoms with Crippen LogP contribution in [-0.4, -0.2) is 161 Å². The zero-order valence-corrected chi connectivity index (χ0v) is 34.8. The van der Waals surface area contributed by atoms with Crippen molar-refractivity contribution in [3.8, 4) is 0 Å². The van der Waals surface area contributed by atoms with Crippen molar-refractivity contribution in [2.24, 2.45) is 23.3 Å². The molecule has 1 aromatic carbocycles. The fourth-order valence-corrected chi connectivity index (χ4v) is 6.97. The fraction of sp³-hybridized carbons (Fsp3) is 0.744. The second-order valence-corrected chi connectivity index (χ2v) is 14.4. The molecule has 17 heteroatoms. The van der Waals surface area contributed by atoms with Crippen LogP contribution in [0.4, 0.5) is 0 Å². The van der Waals surface area contributed by atoms with Gasteiger partial charge in [-0.05, 0) is 55.7 Å². The predicted octanol–water partition coefficient (Wildman–Crippen LogP) is 1.25. The Labute approximate surface area is 338 Å². The molecule has 3 amide bonds. The van der Waals surface area contributed by atoms with Gasteiger partial charge >= 0.3 is 0 Å². The Kier molecular flexibility index (Phi) is 32.5. The number of rotatable bonds is 33. The van der Waals surface area contributed by atoms with Gasteiger partial charge in [-0.15, -0.1) is 0 Å². The van der Waals surface area contributed by atoms with Crippen molar-refractivity contribution in [3.63, 3.8) is 0 Å². The van der Waals surface area contributed by atoms with Gasteiger partial charge in [0.2, 0.25) is 0 Å². The first-order valence-electron chi connectivity index (χ1n) is 19.8. The van der Waals surface area contributed by atoms with Gasteiger partial charge in [0.15, 0.2) is 0 Å². The van der Waals surface area contributed by atoms with Gasteiger partial charge in [0.05, 0.1) is 79.3 Å². The third-order valence-electron chi connectivity index (χ3n) is 8.57. The molecule has 1 saturated heterocycles. The number of nitrogens with two attached hydrogens (primary N) is 2. The van der Waals surface area contributed by atoms with Crippen LogP contribution >= 0.6 is 11.8 Å². The molecule has 0 aromatic heterocycles. The number of amides is 3. The summed E-state index contributed by atoms with van der Waals surface area (Å²) in [6.07, 6.45) is 5.41. The molecule has 0 bridgehead atoms. The summed E-state index contributed by atoms with van der Waals surface area (Å²) in [6, 6.07) is 4.30. The number of hydrogen-bond acceptors (Lipinski definition) is 14. The summed E-state index contributed by atoms with van der Waals surface area (Å²) < 4.78 is 32.2. The first kappa shape index (κ1) is 51.3. The van der Waals surface area contributed by atoms with Crippen molar-refractivity contribution in [1.82, 2.24) is 21.3 Å². The molecule has 1 aliphatic heterocycles. The van der Waals surface area contributed by atoms with E-state index in [-0.39, 0.29) is 56.1 Å². The SMILES string of the molecule is CC1CSC(CCCCC=O)C1C.CNCCOCCOCCNC(=O)c1cc(C(=O)NCCOCCOCCN)cc(C(=O)NCCOCCOCCN)c1. The van der Waals surface area contributed by atoms with Crippen LogP contribution in [0.2, 0.25) is 0 Å². The molecule has 8 N–H and O–H groups in total. The van der Waals surface area contributed by atoms with E-state index in [1.165, 1.54) is 36.8 Å². The van der Waals surface area contributed by atoms with Gasteiger partial charge in [-0.3, -0.25) is 14.4 Å². The van der Waals surface area contributed by atoms with Crippen molar-refractivity contribution in [2.45, 2.75) is 44.8 Å². The van der Waals surface area contributed by atoms with Crippen LogP contribution in [0.5, 0.6) is 0 Å². The molecule has 3 atom stereocenters. The quantitative estimate of drug-likeness (QED) is 0.0434. The van der Waals surface area contributed by atoms with E-state index < -0.39 is 17.7 Å². The summed E-state index contributed by atoms with van der Waals surface area (Å²) in [7, 11) is 1.85. The third-order valence-corrected chi connectivity index (χ3v) is 10.4. The normalized spacial score (nSPS) is 16.2. The molecule has 0 aliphatic carbocycles. The number of unbranched alkanes of at least 4 members (excludes halogenated alkanes) is 2. The lowest BCUT2D eigenvalue weighted by Crippen LogP contribution is -2.31. The van der Waals surface area contributed by atoms with Crippen LogP contribution in [0.25, 0.3) is 0 Å². The lowest BCUT2D eigenvalue weighted by molar-refractivity contribution is -0.107. The van der Waals surface area contributed by atoms with E-state index in [0.717, 1.165) is 42.8 Å². The maximum Gasteiger partial charge on any atom is 0.251 e. The van der Waals surface area contributed by atoms with Gasteiger partial charge < -0.3 is 66.0 Å². The van der Waals surface area contributed by atoms with Crippen LogP contribution in [0, 0.1) is 11.8 Å². The van der Waals surface area contributed by atoms with Gasteiger partial charge in [0.25, 0.3) is 17.7 Å². The molecule has 1 fully saturated rings. The highest BCUT2D eigenvalue weighted by molar-refractivity contribution is 8.00. The minimum Gasteiger partial charge on any atom is -0.378 e. The van der Waals surface area contributed by atoms with E-state index in [1.54, 1.807) is 0 Å². The minimum atomic E-state index is -0.450. The summed E-state index contributed by atoms with van der Waals surface area (Å²) in [5.74, 6) is 1.75. The number of nitrogens with one attached hydrogen (secondary N) is 4. The molecule has 322 valence electrons. The van der Waals surface area contributed by atoms with E-state index in [0.29, 0.717) is 72.6 Å². The zero-order valence-electron chi connectivity index (χ0n) is 34.0. The molecule has 0 radical (unpaired) electrons. The average Bonchev–Trinajstić information content (AvgIpc) is 3.53. The topological polar surface area (TPSA) is 224 Å². The zero-order chi connectivity index (χ0) is 41.1. The van der Waals surface area contributed by atoms with Gasteiger partial charge in [0.1, 0.15) is 6.29 Å². The Bertz CT molecular complexity index is 1140. The third kappa shape index (κ3) is 25.5. The van der Waals surface area contributed by atoms with E-state index >= 15 is 0 Å². The van der Waals surface area contributed by atoms with Gasteiger partial charge in [0, 0.05) is 67.6 Å². The Morgan fingerprint density at radius 2 is 1.04 bits per heavy atom. The number of hydrogen-bond donors (Lipinski definition) is 6. The molecular weight excluding hydrogens is 745 g/mol. The molecular formula is C39H70N6O10S. The van der Waals surface area contributed by atoms with Crippen molar-refractivity contribution in [2.75, 3.05) is 131 Å². The maximum atomic E-state index is 12.9. The second-order valence-electron chi connectivity index (χ2n) is 13.1. The van der Waals surface area contributed by atoms with E-state index in [1.807, 2.05) is 7.05 Å². The van der Waals surface area contributed by atoms with Crippen molar-refractivity contribution in [1.29, 1.82) is 0 Å². The Balaban J connectivity index is 0.00000101. The smallest absolute Gasteiger partial charge is 0.251 e. The summed E-state index contributed by atoms with van der Waals surface area (Å²) in [6.45, 7) is 11.8. The highest BCUT2D eigenvalue weighted by atomic mass is 32.2. The summed E-state index contributed by atoms with van der Waals surface area (Å²) >= 11 is 2.13. The van der Waals surface area contributed by atoms with Gasteiger partial charge in [-0.25, -0.2) is 0 Å².